The molecule has 1 saturated heterocycles. The van der Waals surface area contributed by atoms with E-state index in [0.717, 1.165) is 44.7 Å². The Balaban J connectivity index is 1.33. The maximum Gasteiger partial charge on any atom is 0.229 e. The van der Waals surface area contributed by atoms with Crippen molar-refractivity contribution in [2.45, 2.75) is 18.9 Å². The number of aromatic nitrogens is 3. The van der Waals surface area contributed by atoms with Crippen molar-refractivity contribution in [2.75, 3.05) is 43.4 Å². The van der Waals surface area contributed by atoms with Crippen molar-refractivity contribution < 1.29 is 4.39 Å². The van der Waals surface area contributed by atoms with Gasteiger partial charge in [-0.15, -0.1) is 0 Å². The van der Waals surface area contributed by atoms with Gasteiger partial charge < -0.3 is 19.7 Å². The van der Waals surface area contributed by atoms with E-state index in [0.29, 0.717) is 17.0 Å². The molecule has 2 aromatic carbocycles. The van der Waals surface area contributed by atoms with Gasteiger partial charge in [-0.05, 0) is 56.3 Å². The standard InChI is InChI=1S/C27H26ClFN6O/c1-33-11-13-34(14-12-33)18-7-5-17(6-8-18)31-27-30-15-20-25(36)21(24-22(28)3-2-4-23(24)29)16-35(19-9-10-19)26(20)32-27/h2-8,15-16,19H,9-14H2,1H3,(H,30,31,32). The lowest BCUT2D eigenvalue weighted by molar-refractivity contribution is 0.313. The molecule has 1 aliphatic carbocycles. The van der Waals surface area contributed by atoms with Gasteiger partial charge >= 0.3 is 0 Å². The quantitative estimate of drug-likeness (QED) is 0.409. The molecule has 0 radical (unpaired) electrons. The molecular weight excluding hydrogens is 479 g/mol. The first-order chi connectivity index (χ1) is 17.5. The minimum absolute atomic E-state index is 0.114. The molecule has 0 atom stereocenters. The molecule has 0 unspecified atom stereocenters. The van der Waals surface area contributed by atoms with Crippen molar-refractivity contribution in [3.8, 4) is 11.1 Å². The van der Waals surface area contributed by atoms with E-state index in [4.69, 9.17) is 16.6 Å². The number of rotatable bonds is 5. The summed E-state index contributed by atoms with van der Waals surface area (Å²) in [6.45, 7) is 4.13. The third-order valence-corrected chi connectivity index (χ3v) is 7.25. The van der Waals surface area contributed by atoms with E-state index in [1.807, 2.05) is 16.7 Å². The second-order valence-electron chi connectivity index (χ2n) is 9.50. The van der Waals surface area contributed by atoms with E-state index in [-0.39, 0.29) is 27.6 Å². The molecule has 0 spiro atoms. The van der Waals surface area contributed by atoms with Crippen LogP contribution >= 0.6 is 11.6 Å². The number of halogens is 2. The van der Waals surface area contributed by atoms with Crippen molar-refractivity contribution in [2.24, 2.45) is 0 Å². The minimum Gasteiger partial charge on any atom is -0.369 e. The zero-order valence-corrected chi connectivity index (χ0v) is 20.7. The summed E-state index contributed by atoms with van der Waals surface area (Å²) in [6.07, 6.45) is 5.16. The fraction of sp³-hybridized carbons (Fsp3) is 0.296. The molecule has 9 heteroatoms. The number of hydrogen-bond donors (Lipinski definition) is 1. The van der Waals surface area contributed by atoms with E-state index in [2.05, 4.69) is 39.3 Å². The van der Waals surface area contributed by atoms with Crippen LogP contribution in [0.25, 0.3) is 22.2 Å². The van der Waals surface area contributed by atoms with Crippen LogP contribution in [0.5, 0.6) is 0 Å². The number of anilines is 3. The Morgan fingerprint density at radius 1 is 1.06 bits per heavy atom. The summed E-state index contributed by atoms with van der Waals surface area (Å²) >= 11 is 6.28. The second kappa shape index (κ2) is 9.19. The van der Waals surface area contributed by atoms with Gasteiger partial charge in [-0.1, -0.05) is 17.7 Å². The van der Waals surface area contributed by atoms with Crippen LogP contribution in [0.2, 0.25) is 5.02 Å². The summed E-state index contributed by atoms with van der Waals surface area (Å²) in [7, 11) is 2.15. The van der Waals surface area contributed by atoms with Gasteiger partial charge in [0.05, 0.1) is 16.0 Å². The number of nitrogens with one attached hydrogen (secondary N) is 1. The van der Waals surface area contributed by atoms with Crippen molar-refractivity contribution in [1.82, 2.24) is 19.4 Å². The van der Waals surface area contributed by atoms with Crippen LogP contribution in [0.15, 0.2) is 59.7 Å². The van der Waals surface area contributed by atoms with Gasteiger partial charge in [-0.2, -0.15) is 4.98 Å². The molecule has 2 aromatic heterocycles. The molecule has 36 heavy (non-hydrogen) atoms. The Morgan fingerprint density at radius 2 is 1.81 bits per heavy atom. The molecule has 1 N–H and O–H groups in total. The minimum atomic E-state index is -0.527. The lowest BCUT2D eigenvalue weighted by Crippen LogP contribution is -2.44. The normalized spacial score (nSPS) is 16.5. The van der Waals surface area contributed by atoms with Crippen LogP contribution < -0.4 is 15.6 Å². The van der Waals surface area contributed by atoms with Crippen LogP contribution in [0.1, 0.15) is 18.9 Å². The Bertz CT molecular complexity index is 1470. The number of hydrogen-bond acceptors (Lipinski definition) is 6. The van der Waals surface area contributed by atoms with Gasteiger partial charge in [0.1, 0.15) is 11.5 Å². The topological polar surface area (TPSA) is 66.3 Å². The highest BCUT2D eigenvalue weighted by Gasteiger charge is 2.28. The molecule has 3 heterocycles. The summed E-state index contributed by atoms with van der Waals surface area (Å²) in [5.74, 6) is -0.124. The van der Waals surface area contributed by atoms with Gasteiger partial charge in [-0.25, -0.2) is 9.37 Å². The third-order valence-electron chi connectivity index (χ3n) is 6.93. The lowest BCUT2D eigenvalue weighted by Gasteiger charge is -2.34. The maximum absolute atomic E-state index is 14.7. The molecule has 2 aliphatic rings. The van der Waals surface area contributed by atoms with Crippen molar-refractivity contribution in [3.63, 3.8) is 0 Å². The maximum atomic E-state index is 14.7. The monoisotopic (exact) mass is 504 g/mol. The fourth-order valence-corrected chi connectivity index (χ4v) is 4.97. The highest BCUT2D eigenvalue weighted by Crippen LogP contribution is 2.38. The Labute approximate surface area is 213 Å². The van der Waals surface area contributed by atoms with Crippen LogP contribution in [0.3, 0.4) is 0 Å². The van der Waals surface area contributed by atoms with Gasteiger partial charge in [0.25, 0.3) is 0 Å². The molecule has 0 bridgehead atoms. The van der Waals surface area contributed by atoms with E-state index in [1.165, 1.54) is 24.0 Å². The second-order valence-corrected chi connectivity index (χ2v) is 9.91. The summed E-state index contributed by atoms with van der Waals surface area (Å²) in [5, 5.41) is 3.80. The number of likely N-dealkylation sites (N-methyl/N-ethyl adjacent to an activating group) is 1. The van der Waals surface area contributed by atoms with Crippen molar-refractivity contribution in [3.05, 3.63) is 75.9 Å². The van der Waals surface area contributed by atoms with Crippen LogP contribution in [0.4, 0.5) is 21.7 Å². The molecule has 4 aromatic rings. The zero-order valence-electron chi connectivity index (χ0n) is 19.9. The number of benzene rings is 2. The lowest BCUT2D eigenvalue weighted by atomic mass is 10.0. The fourth-order valence-electron chi connectivity index (χ4n) is 4.71. The molecular formula is C27H26ClFN6O. The van der Waals surface area contributed by atoms with Crippen LogP contribution in [-0.4, -0.2) is 52.7 Å². The average molecular weight is 505 g/mol. The molecule has 0 amide bonds. The molecule has 184 valence electrons. The van der Waals surface area contributed by atoms with Crippen molar-refractivity contribution >= 4 is 40.0 Å². The smallest absolute Gasteiger partial charge is 0.229 e. The molecule has 1 aliphatic heterocycles. The summed E-state index contributed by atoms with van der Waals surface area (Å²) < 4.78 is 16.6. The molecule has 2 fully saturated rings. The number of nitrogens with zero attached hydrogens (tertiary/aromatic N) is 5. The predicted octanol–water partition coefficient (Wildman–Crippen LogP) is 5.08. The molecule has 7 nitrogen and oxygen atoms in total. The first-order valence-corrected chi connectivity index (χ1v) is 12.5. The van der Waals surface area contributed by atoms with Gasteiger partial charge in [0.2, 0.25) is 11.4 Å². The molecule has 6 rings (SSSR count). The van der Waals surface area contributed by atoms with Gasteiger partial charge in [0, 0.05) is 61.6 Å². The molecule has 1 saturated carbocycles. The van der Waals surface area contributed by atoms with E-state index in [9.17, 15) is 9.18 Å². The summed E-state index contributed by atoms with van der Waals surface area (Å²) in [6, 6.07) is 12.9. The highest BCUT2D eigenvalue weighted by atomic mass is 35.5. The first kappa shape index (κ1) is 22.9. The Hall–Kier alpha value is -3.49. The zero-order chi connectivity index (χ0) is 24.8. The highest BCUT2D eigenvalue weighted by molar-refractivity contribution is 6.33. The Kier molecular flexibility index (Phi) is 5.85. The summed E-state index contributed by atoms with van der Waals surface area (Å²) in [5.41, 5.74) is 2.59. The van der Waals surface area contributed by atoms with Crippen LogP contribution in [0, 0.1) is 5.82 Å². The third kappa shape index (κ3) is 4.31. The van der Waals surface area contributed by atoms with E-state index >= 15 is 0 Å². The Morgan fingerprint density at radius 3 is 2.50 bits per heavy atom. The van der Waals surface area contributed by atoms with Gasteiger partial charge in [0.15, 0.2) is 0 Å². The number of fused-ring (bicyclic) bond motifs is 1. The number of piperazine rings is 1. The number of pyridine rings is 1. The SMILES string of the molecule is CN1CCN(c2ccc(Nc3ncc4c(=O)c(-c5c(F)cccc5Cl)cn(C5CC5)c4n3)cc2)CC1. The first-order valence-electron chi connectivity index (χ1n) is 12.1. The predicted molar refractivity (Wildman–Crippen MR) is 142 cm³/mol. The van der Waals surface area contributed by atoms with E-state index < -0.39 is 5.82 Å². The largest absolute Gasteiger partial charge is 0.369 e. The average Bonchev–Trinajstić information content (AvgIpc) is 3.72. The van der Waals surface area contributed by atoms with Crippen LogP contribution in [-0.2, 0) is 0 Å². The summed E-state index contributed by atoms with van der Waals surface area (Å²) in [4.78, 5) is 27.2. The van der Waals surface area contributed by atoms with Gasteiger partial charge in [-0.3, -0.25) is 4.79 Å². The van der Waals surface area contributed by atoms with Crippen molar-refractivity contribution in [1.29, 1.82) is 0 Å². The van der Waals surface area contributed by atoms with E-state index in [1.54, 1.807) is 12.3 Å².